The summed E-state index contributed by atoms with van der Waals surface area (Å²) in [6, 6.07) is 0. The molecule has 0 saturated heterocycles. The van der Waals surface area contributed by atoms with Gasteiger partial charge in [0.05, 0.1) is 4.92 Å². The van der Waals surface area contributed by atoms with Crippen molar-refractivity contribution in [2.24, 2.45) is 5.73 Å². The van der Waals surface area contributed by atoms with Crippen LogP contribution in [0.1, 0.15) is 16.1 Å². The second-order valence-corrected chi connectivity index (χ2v) is 3.40. The summed E-state index contributed by atoms with van der Waals surface area (Å²) < 4.78 is 0.467. The molecule has 6 nitrogen and oxygen atoms in total. The number of carbonyl (C=O) groups excluding carboxylic acids is 1. The number of hydrogen-bond donors (Lipinski definition) is 1. The molecule has 1 heterocycles. The van der Waals surface area contributed by atoms with Crippen molar-refractivity contribution in [2.75, 3.05) is 0 Å². The van der Waals surface area contributed by atoms with E-state index in [1.54, 1.807) is 0 Å². The third-order valence-corrected chi connectivity index (χ3v) is 2.46. The molecule has 0 radical (unpaired) electrons. The average molecular weight is 260 g/mol. The number of halogens is 1. The van der Waals surface area contributed by atoms with E-state index in [4.69, 9.17) is 5.73 Å². The minimum atomic E-state index is -0.910. The zero-order valence-corrected chi connectivity index (χ0v) is 8.74. The Morgan fingerprint density at radius 2 is 2.29 bits per heavy atom. The first-order valence-electron chi connectivity index (χ1n) is 3.54. The van der Waals surface area contributed by atoms with Crippen molar-refractivity contribution in [1.82, 2.24) is 4.98 Å². The van der Waals surface area contributed by atoms with Crippen LogP contribution in [0.5, 0.6) is 0 Å². The topological polar surface area (TPSA) is 99.1 Å². The van der Waals surface area contributed by atoms with Crippen LogP contribution in [0.4, 0.5) is 5.69 Å². The van der Waals surface area contributed by atoms with Gasteiger partial charge in [-0.05, 0) is 22.9 Å². The molecule has 1 aromatic heterocycles. The minimum absolute atomic E-state index is 0.323. The number of hydrogen-bond acceptors (Lipinski definition) is 4. The van der Waals surface area contributed by atoms with Gasteiger partial charge in [-0.3, -0.25) is 14.9 Å². The van der Waals surface area contributed by atoms with Crippen LogP contribution in [0.25, 0.3) is 0 Å². The number of aromatic nitrogens is 1. The molecule has 7 heteroatoms. The molecule has 14 heavy (non-hydrogen) atoms. The van der Waals surface area contributed by atoms with E-state index in [0.29, 0.717) is 10.0 Å². The smallest absolute Gasteiger partial charge is 0.304 e. The highest BCUT2D eigenvalue weighted by Crippen LogP contribution is 2.27. The zero-order valence-electron chi connectivity index (χ0n) is 7.15. The number of carbonyl (C=O) groups is 1. The first kappa shape index (κ1) is 10.6. The fraction of sp³-hybridized carbons (Fsp3) is 0.143. The summed E-state index contributed by atoms with van der Waals surface area (Å²) in [5.74, 6) is -0.910. The molecule has 1 rings (SSSR count). The van der Waals surface area contributed by atoms with Gasteiger partial charge in [-0.2, -0.15) is 0 Å². The first-order valence-corrected chi connectivity index (χ1v) is 4.33. The molecule has 0 aromatic carbocycles. The zero-order chi connectivity index (χ0) is 10.9. The maximum atomic E-state index is 10.8. The van der Waals surface area contributed by atoms with Gasteiger partial charge in [0.25, 0.3) is 5.91 Å². The number of nitrogens with two attached hydrogens (primary N) is 1. The summed E-state index contributed by atoms with van der Waals surface area (Å²) in [4.78, 5) is 24.4. The van der Waals surface area contributed by atoms with E-state index in [1.165, 1.54) is 13.1 Å². The third kappa shape index (κ3) is 1.72. The van der Waals surface area contributed by atoms with E-state index < -0.39 is 10.8 Å². The fourth-order valence-corrected chi connectivity index (χ4v) is 1.26. The van der Waals surface area contributed by atoms with Crippen LogP contribution in [-0.4, -0.2) is 15.8 Å². The number of nitrogens with zero attached hydrogens (tertiary/aromatic N) is 2. The van der Waals surface area contributed by atoms with Gasteiger partial charge in [0.1, 0.15) is 0 Å². The molecule has 0 saturated carbocycles. The summed E-state index contributed by atoms with van der Waals surface area (Å²) in [5.41, 5.74) is 4.60. The molecule has 0 fully saturated rings. The Hall–Kier alpha value is -1.50. The van der Waals surface area contributed by atoms with Crippen molar-refractivity contribution in [2.45, 2.75) is 6.92 Å². The Morgan fingerprint density at radius 1 is 1.71 bits per heavy atom. The van der Waals surface area contributed by atoms with E-state index in [9.17, 15) is 14.9 Å². The molecule has 0 aliphatic heterocycles. The van der Waals surface area contributed by atoms with Crippen LogP contribution in [0, 0.1) is 17.0 Å². The molecule has 1 amide bonds. The van der Waals surface area contributed by atoms with Crippen LogP contribution >= 0.6 is 15.9 Å². The first-order chi connectivity index (χ1) is 6.45. The van der Waals surface area contributed by atoms with Crippen molar-refractivity contribution in [3.63, 3.8) is 0 Å². The van der Waals surface area contributed by atoms with E-state index >= 15 is 0 Å². The largest absolute Gasteiger partial charge is 0.364 e. The molecule has 2 N–H and O–H groups in total. The Balaban J connectivity index is 3.53. The molecular weight excluding hydrogens is 254 g/mol. The molecule has 0 bridgehead atoms. The van der Waals surface area contributed by atoms with Gasteiger partial charge in [-0.25, -0.2) is 4.98 Å². The average Bonchev–Trinajstić information content (AvgIpc) is 2.08. The van der Waals surface area contributed by atoms with Gasteiger partial charge < -0.3 is 5.73 Å². The van der Waals surface area contributed by atoms with Crippen molar-refractivity contribution in [3.8, 4) is 0 Å². The molecule has 0 atom stereocenters. The molecular formula is C7H6BrN3O3. The third-order valence-electron chi connectivity index (χ3n) is 1.66. The van der Waals surface area contributed by atoms with Crippen molar-refractivity contribution < 1.29 is 9.72 Å². The predicted molar refractivity (Wildman–Crippen MR) is 51.8 cm³/mol. The lowest BCUT2D eigenvalue weighted by molar-refractivity contribution is -0.386. The predicted octanol–water partition coefficient (Wildman–Crippen LogP) is 1.16. The monoisotopic (exact) mass is 259 g/mol. The van der Waals surface area contributed by atoms with E-state index in [0.717, 1.165) is 0 Å². The summed E-state index contributed by atoms with van der Waals surface area (Å²) >= 11 is 3.08. The minimum Gasteiger partial charge on any atom is -0.364 e. The standard InChI is InChI=1S/C7H6BrN3O3/c1-3-4(8)2-10-5(7(9)12)6(3)11(13)14/h2H,1H3,(H2,9,12). The lowest BCUT2D eigenvalue weighted by Gasteiger charge is -2.02. The number of nitro groups is 1. The summed E-state index contributed by atoms with van der Waals surface area (Å²) in [7, 11) is 0. The number of amides is 1. The molecule has 74 valence electrons. The van der Waals surface area contributed by atoms with E-state index in [1.807, 2.05) is 0 Å². The Bertz CT molecular complexity index is 419. The van der Waals surface area contributed by atoms with Gasteiger partial charge in [-0.15, -0.1) is 0 Å². The van der Waals surface area contributed by atoms with Crippen LogP contribution in [-0.2, 0) is 0 Å². The lowest BCUT2D eigenvalue weighted by Crippen LogP contribution is -2.16. The second-order valence-electron chi connectivity index (χ2n) is 2.55. The number of primary amides is 1. The molecule has 0 unspecified atom stereocenters. The highest BCUT2D eigenvalue weighted by molar-refractivity contribution is 9.10. The maximum absolute atomic E-state index is 10.8. The summed E-state index contributed by atoms with van der Waals surface area (Å²) in [6.45, 7) is 1.51. The van der Waals surface area contributed by atoms with Crippen molar-refractivity contribution in [1.29, 1.82) is 0 Å². The van der Waals surface area contributed by atoms with Crippen LogP contribution in [0.3, 0.4) is 0 Å². The van der Waals surface area contributed by atoms with Crippen molar-refractivity contribution >= 4 is 27.5 Å². The van der Waals surface area contributed by atoms with Crippen LogP contribution < -0.4 is 5.73 Å². The number of rotatable bonds is 2. The Kier molecular flexibility index (Phi) is 2.80. The lowest BCUT2D eigenvalue weighted by atomic mass is 10.2. The summed E-state index contributed by atoms with van der Waals surface area (Å²) in [5, 5.41) is 10.6. The van der Waals surface area contributed by atoms with Gasteiger partial charge >= 0.3 is 5.69 Å². The Morgan fingerprint density at radius 3 is 2.71 bits per heavy atom. The molecule has 0 aliphatic rings. The Labute approximate surface area is 87.4 Å². The highest BCUT2D eigenvalue weighted by Gasteiger charge is 2.24. The van der Waals surface area contributed by atoms with Crippen molar-refractivity contribution in [3.05, 3.63) is 32.0 Å². The van der Waals surface area contributed by atoms with Gasteiger partial charge in [0, 0.05) is 16.2 Å². The highest BCUT2D eigenvalue weighted by atomic mass is 79.9. The number of pyridine rings is 1. The van der Waals surface area contributed by atoms with Crippen LogP contribution in [0.15, 0.2) is 10.7 Å². The fourth-order valence-electron chi connectivity index (χ4n) is 0.974. The van der Waals surface area contributed by atoms with E-state index in [-0.39, 0.29) is 11.4 Å². The normalized spacial score (nSPS) is 9.86. The SMILES string of the molecule is Cc1c(Br)cnc(C(N)=O)c1[N+](=O)[O-]. The van der Waals surface area contributed by atoms with Gasteiger partial charge in [-0.1, -0.05) is 0 Å². The van der Waals surface area contributed by atoms with Crippen LogP contribution in [0.2, 0.25) is 0 Å². The quantitative estimate of drug-likeness (QED) is 0.636. The van der Waals surface area contributed by atoms with E-state index in [2.05, 4.69) is 20.9 Å². The van der Waals surface area contributed by atoms with Gasteiger partial charge in [0.2, 0.25) is 5.69 Å². The molecule has 1 aromatic rings. The molecule has 0 aliphatic carbocycles. The summed E-state index contributed by atoms with van der Waals surface area (Å²) in [6.07, 6.45) is 1.31. The second kappa shape index (κ2) is 3.70. The molecule has 0 spiro atoms. The van der Waals surface area contributed by atoms with Gasteiger partial charge in [0.15, 0.2) is 0 Å². The maximum Gasteiger partial charge on any atom is 0.304 e.